The van der Waals surface area contributed by atoms with Crippen molar-refractivity contribution in [1.82, 2.24) is 15.1 Å². The van der Waals surface area contributed by atoms with Gasteiger partial charge in [-0.15, -0.1) is 12.4 Å². The van der Waals surface area contributed by atoms with E-state index >= 15 is 0 Å². The minimum Gasteiger partial charge on any atom is -0.466 e. The molecular formula is C19H30ClN3O3. The van der Waals surface area contributed by atoms with Crippen LogP contribution in [0, 0.1) is 19.8 Å². The molecule has 0 unspecified atom stereocenters. The van der Waals surface area contributed by atoms with Gasteiger partial charge in [0.15, 0.2) is 0 Å². The summed E-state index contributed by atoms with van der Waals surface area (Å²) < 4.78 is 5.46. The number of nitrogens with one attached hydrogen (secondary N) is 1. The zero-order valence-electron chi connectivity index (χ0n) is 15.8. The molecule has 1 N–H and O–H groups in total. The Bertz CT molecular complexity index is 618. The number of hydrogen-bond acceptors (Lipinski definition) is 4. The minimum absolute atomic E-state index is 0. The molecule has 0 atom stereocenters. The molecule has 3 heterocycles. The first kappa shape index (κ1) is 20.8. The van der Waals surface area contributed by atoms with Crippen LogP contribution in [0.4, 0.5) is 0 Å². The Morgan fingerprint density at radius 2 is 1.73 bits per heavy atom. The molecule has 0 bridgehead atoms. The maximum atomic E-state index is 12.6. The number of amides is 2. The normalized spacial score (nSPS) is 18.5. The first-order valence-corrected chi connectivity index (χ1v) is 9.39. The van der Waals surface area contributed by atoms with E-state index in [4.69, 9.17) is 4.42 Å². The lowest BCUT2D eigenvalue weighted by molar-refractivity contribution is -0.133. The van der Waals surface area contributed by atoms with Crippen molar-refractivity contribution in [3.05, 3.63) is 23.2 Å². The number of aryl methyl sites for hydroxylation is 2. The summed E-state index contributed by atoms with van der Waals surface area (Å²) in [6.07, 6.45) is 3.99. The van der Waals surface area contributed by atoms with Gasteiger partial charge in [0.2, 0.25) is 5.91 Å². The average Bonchev–Trinajstić information content (AvgIpc) is 2.98. The van der Waals surface area contributed by atoms with E-state index in [-0.39, 0.29) is 24.2 Å². The molecule has 0 saturated carbocycles. The number of carbonyl (C=O) groups excluding carboxylic acids is 2. The molecule has 0 aliphatic carbocycles. The molecule has 1 aromatic rings. The Morgan fingerprint density at radius 1 is 1.12 bits per heavy atom. The second kappa shape index (κ2) is 9.42. The Morgan fingerprint density at radius 3 is 2.31 bits per heavy atom. The number of furan rings is 1. The number of rotatable bonds is 4. The van der Waals surface area contributed by atoms with Crippen LogP contribution >= 0.6 is 12.4 Å². The van der Waals surface area contributed by atoms with Crippen molar-refractivity contribution >= 4 is 24.2 Å². The van der Waals surface area contributed by atoms with E-state index < -0.39 is 0 Å². The molecule has 6 nitrogen and oxygen atoms in total. The lowest BCUT2D eigenvalue weighted by atomic mass is 9.93. The third kappa shape index (κ3) is 5.01. The standard InChI is InChI=1S/C19H29N3O3.ClH/c1-14-13-17(15(2)25-14)19(24)22-11-9-21(10-12-22)18(23)4-3-16-5-7-20-8-6-16;/h13,16,20H,3-12H2,1-2H3;1H. The van der Waals surface area contributed by atoms with Crippen LogP contribution in [0.25, 0.3) is 0 Å². The van der Waals surface area contributed by atoms with E-state index in [0.717, 1.165) is 25.3 Å². The van der Waals surface area contributed by atoms with Gasteiger partial charge in [0.1, 0.15) is 11.5 Å². The van der Waals surface area contributed by atoms with E-state index in [1.165, 1.54) is 12.8 Å². The van der Waals surface area contributed by atoms with E-state index in [2.05, 4.69) is 5.32 Å². The van der Waals surface area contributed by atoms with Crippen LogP contribution in [0.5, 0.6) is 0 Å². The van der Waals surface area contributed by atoms with Crippen LogP contribution in [-0.4, -0.2) is 60.9 Å². The van der Waals surface area contributed by atoms with E-state index in [1.54, 1.807) is 6.07 Å². The van der Waals surface area contributed by atoms with Crippen molar-refractivity contribution in [3.63, 3.8) is 0 Å². The number of hydrogen-bond donors (Lipinski definition) is 1. The van der Waals surface area contributed by atoms with Crippen molar-refractivity contribution in [2.24, 2.45) is 5.92 Å². The molecule has 3 rings (SSSR count). The van der Waals surface area contributed by atoms with Gasteiger partial charge in [-0.25, -0.2) is 0 Å². The van der Waals surface area contributed by atoms with Gasteiger partial charge in [-0.2, -0.15) is 0 Å². The number of piperidine rings is 1. The Labute approximate surface area is 161 Å². The molecule has 26 heavy (non-hydrogen) atoms. The molecule has 2 aliphatic rings. The molecule has 2 fully saturated rings. The highest BCUT2D eigenvalue weighted by Crippen LogP contribution is 2.20. The maximum Gasteiger partial charge on any atom is 0.257 e. The summed E-state index contributed by atoms with van der Waals surface area (Å²) in [6, 6.07) is 1.80. The van der Waals surface area contributed by atoms with Crippen molar-refractivity contribution in [2.75, 3.05) is 39.3 Å². The maximum absolute atomic E-state index is 12.6. The van der Waals surface area contributed by atoms with Crippen molar-refractivity contribution in [1.29, 1.82) is 0 Å². The summed E-state index contributed by atoms with van der Waals surface area (Å²) in [5.74, 6) is 2.35. The molecule has 0 aromatic carbocycles. The van der Waals surface area contributed by atoms with Gasteiger partial charge in [-0.3, -0.25) is 9.59 Å². The van der Waals surface area contributed by atoms with Crippen LogP contribution in [0.3, 0.4) is 0 Å². The highest BCUT2D eigenvalue weighted by Gasteiger charge is 2.27. The Balaban J connectivity index is 0.00000243. The van der Waals surface area contributed by atoms with Gasteiger partial charge < -0.3 is 19.5 Å². The zero-order chi connectivity index (χ0) is 17.8. The fraction of sp³-hybridized carbons (Fsp3) is 0.684. The van der Waals surface area contributed by atoms with Crippen molar-refractivity contribution < 1.29 is 14.0 Å². The largest absolute Gasteiger partial charge is 0.466 e. The summed E-state index contributed by atoms with van der Waals surface area (Å²) in [6.45, 7) is 8.28. The van der Waals surface area contributed by atoms with E-state index in [1.807, 2.05) is 23.6 Å². The average molecular weight is 384 g/mol. The lowest BCUT2D eigenvalue weighted by Crippen LogP contribution is -2.50. The number of nitrogens with zero attached hydrogens (tertiary/aromatic N) is 2. The zero-order valence-corrected chi connectivity index (χ0v) is 16.6. The summed E-state index contributed by atoms with van der Waals surface area (Å²) >= 11 is 0. The third-order valence-electron chi connectivity index (χ3n) is 5.42. The first-order valence-electron chi connectivity index (χ1n) is 9.39. The SMILES string of the molecule is Cc1cc(C(=O)N2CCN(C(=O)CCC3CCNCC3)CC2)c(C)o1.Cl. The van der Waals surface area contributed by atoms with Crippen LogP contribution in [0.15, 0.2) is 10.5 Å². The molecule has 146 valence electrons. The topological polar surface area (TPSA) is 65.8 Å². The van der Waals surface area contributed by atoms with Gasteiger partial charge >= 0.3 is 0 Å². The first-order chi connectivity index (χ1) is 12.0. The number of piperazine rings is 1. The molecule has 0 spiro atoms. The van der Waals surface area contributed by atoms with Gasteiger partial charge in [0.05, 0.1) is 5.56 Å². The summed E-state index contributed by atoms with van der Waals surface area (Å²) in [4.78, 5) is 28.8. The minimum atomic E-state index is 0. The van der Waals surface area contributed by atoms with Gasteiger partial charge in [0.25, 0.3) is 5.91 Å². The number of carbonyl (C=O) groups is 2. The molecule has 1 aromatic heterocycles. The smallest absolute Gasteiger partial charge is 0.257 e. The molecular weight excluding hydrogens is 354 g/mol. The molecule has 0 radical (unpaired) electrons. The van der Waals surface area contributed by atoms with E-state index in [9.17, 15) is 9.59 Å². The third-order valence-corrected chi connectivity index (χ3v) is 5.42. The summed E-state index contributed by atoms with van der Waals surface area (Å²) in [5.41, 5.74) is 0.642. The molecule has 2 aliphatic heterocycles. The molecule has 2 saturated heterocycles. The van der Waals surface area contributed by atoms with Gasteiger partial charge in [-0.1, -0.05) is 0 Å². The van der Waals surface area contributed by atoms with Gasteiger partial charge in [-0.05, 0) is 58.2 Å². The molecule has 7 heteroatoms. The number of halogens is 1. The highest BCUT2D eigenvalue weighted by molar-refractivity contribution is 5.95. The van der Waals surface area contributed by atoms with Crippen molar-refractivity contribution in [3.8, 4) is 0 Å². The second-order valence-electron chi connectivity index (χ2n) is 7.23. The van der Waals surface area contributed by atoms with Crippen molar-refractivity contribution in [2.45, 2.75) is 39.5 Å². The quantitative estimate of drug-likeness (QED) is 0.866. The fourth-order valence-corrected chi connectivity index (χ4v) is 3.83. The van der Waals surface area contributed by atoms with Gasteiger partial charge in [0, 0.05) is 32.6 Å². The van der Waals surface area contributed by atoms with Crippen LogP contribution in [0.2, 0.25) is 0 Å². The van der Waals surface area contributed by atoms with E-state index in [0.29, 0.717) is 49.8 Å². The Kier molecular flexibility index (Phi) is 7.53. The highest BCUT2D eigenvalue weighted by atomic mass is 35.5. The van der Waals surface area contributed by atoms with Crippen LogP contribution in [-0.2, 0) is 4.79 Å². The molecule has 2 amide bonds. The fourth-order valence-electron chi connectivity index (χ4n) is 3.83. The summed E-state index contributed by atoms with van der Waals surface area (Å²) in [5, 5.41) is 3.36. The van der Waals surface area contributed by atoms with Crippen LogP contribution < -0.4 is 5.32 Å². The monoisotopic (exact) mass is 383 g/mol. The lowest BCUT2D eigenvalue weighted by Gasteiger charge is -2.35. The predicted octanol–water partition coefficient (Wildman–Crippen LogP) is 2.38. The predicted molar refractivity (Wildman–Crippen MR) is 103 cm³/mol. The Hall–Kier alpha value is -1.53. The summed E-state index contributed by atoms with van der Waals surface area (Å²) in [7, 11) is 0. The van der Waals surface area contributed by atoms with Crippen LogP contribution in [0.1, 0.15) is 47.6 Å². The second-order valence-corrected chi connectivity index (χ2v) is 7.23.